The van der Waals surface area contributed by atoms with Gasteiger partial charge in [0.25, 0.3) is 0 Å². The standard InChI is InChI=1S/C4H6N2O/c1-3-5-4(2)7-6-3/h1-2H3/i1D3. The fourth-order valence-electron chi connectivity index (χ4n) is 0.299. The lowest BCUT2D eigenvalue weighted by atomic mass is 10.7. The van der Waals surface area contributed by atoms with E-state index >= 15 is 0 Å². The largest absolute Gasteiger partial charge is 0.340 e. The van der Waals surface area contributed by atoms with Crippen LogP contribution >= 0.6 is 0 Å². The monoisotopic (exact) mass is 101 g/mol. The molecule has 3 heteroatoms. The lowest BCUT2D eigenvalue weighted by Crippen LogP contribution is -1.70. The van der Waals surface area contributed by atoms with Gasteiger partial charge in [-0.1, -0.05) is 5.16 Å². The molecule has 1 aromatic rings. The summed E-state index contributed by atoms with van der Waals surface area (Å²) in [5.41, 5.74) is 0. The molecule has 0 unspecified atom stereocenters. The van der Waals surface area contributed by atoms with Crippen molar-refractivity contribution in [1.82, 2.24) is 10.1 Å². The summed E-state index contributed by atoms with van der Waals surface area (Å²) in [5, 5.41) is 3.24. The molecule has 38 valence electrons. The Hall–Kier alpha value is -0.860. The molecule has 0 aliphatic rings. The zero-order valence-corrected chi connectivity index (χ0v) is 3.80. The van der Waals surface area contributed by atoms with Crippen LogP contribution in [0, 0.1) is 13.8 Å². The smallest absolute Gasteiger partial charge is 0.223 e. The van der Waals surface area contributed by atoms with Crippen molar-refractivity contribution in [1.29, 1.82) is 0 Å². The molecule has 0 saturated carbocycles. The van der Waals surface area contributed by atoms with Crippen molar-refractivity contribution in [3.63, 3.8) is 0 Å². The third-order valence-corrected chi connectivity index (χ3v) is 0.528. The lowest BCUT2D eigenvalue weighted by Gasteiger charge is -1.64. The average molecular weight is 101 g/mol. The molecule has 0 spiro atoms. The first-order valence-corrected chi connectivity index (χ1v) is 1.81. The maximum atomic E-state index is 6.83. The highest BCUT2D eigenvalue weighted by molar-refractivity contribution is 4.77. The molecular formula is C4H6N2O. The molecule has 0 radical (unpaired) electrons. The minimum atomic E-state index is -2.25. The number of nitrogens with zero attached hydrogens (tertiary/aromatic N) is 2. The zero-order valence-electron chi connectivity index (χ0n) is 6.80. The minimum absolute atomic E-state index is 0.231. The summed E-state index contributed by atoms with van der Waals surface area (Å²) in [7, 11) is 0. The number of hydrogen-bond donors (Lipinski definition) is 0. The Morgan fingerprint density at radius 1 is 1.86 bits per heavy atom. The third kappa shape index (κ3) is 0.765. The molecule has 0 atom stereocenters. The van der Waals surface area contributed by atoms with Gasteiger partial charge in [-0.2, -0.15) is 4.98 Å². The molecule has 0 amide bonds. The molecule has 7 heavy (non-hydrogen) atoms. The van der Waals surface area contributed by atoms with Crippen molar-refractivity contribution >= 4 is 0 Å². The van der Waals surface area contributed by atoms with E-state index in [2.05, 4.69) is 14.7 Å². The predicted molar refractivity (Wildman–Crippen MR) is 23.8 cm³/mol. The van der Waals surface area contributed by atoms with E-state index in [0.29, 0.717) is 0 Å². The van der Waals surface area contributed by atoms with Gasteiger partial charge in [0.2, 0.25) is 5.89 Å². The number of aromatic nitrogens is 2. The Kier molecular flexibility index (Phi) is 0.369. The van der Waals surface area contributed by atoms with E-state index in [1.165, 1.54) is 0 Å². The molecule has 3 nitrogen and oxygen atoms in total. The van der Waals surface area contributed by atoms with E-state index in [1.54, 1.807) is 6.92 Å². The molecule has 1 heterocycles. The summed E-state index contributed by atoms with van der Waals surface area (Å²) in [4.78, 5) is 3.54. The summed E-state index contributed by atoms with van der Waals surface area (Å²) < 4.78 is 25.0. The Morgan fingerprint density at radius 3 is 3.00 bits per heavy atom. The molecule has 0 aromatic carbocycles. The summed E-state index contributed by atoms with van der Waals surface area (Å²) in [5.74, 6) is 0.0381. The van der Waals surface area contributed by atoms with Crippen LogP contribution in [0.4, 0.5) is 0 Å². The van der Waals surface area contributed by atoms with Crippen molar-refractivity contribution in [2.75, 3.05) is 0 Å². The molecular weight excluding hydrogens is 92.1 g/mol. The van der Waals surface area contributed by atoms with Crippen LogP contribution in [0.15, 0.2) is 4.52 Å². The molecule has 1 rings (SSSR count). The van der Waals surface area contributed by atoms with Crippen LogP contribution in [-0.2, 0) is 0 Å². The van der Waals surface area contributed by atoms with Gasteiger partial charge in [0, 0.05) is 11.0 Å². The predicted octanol–water partition coefficient (Wildman–Crippen LogP) is 0.686. The van der Waals surface area contributed by atoms with Crippen LogP contribution in [0.5, 0.6) is 0 Å². The van der Waals surface area contributed by atoms with Crippen LogP contribution in [0.2, 0.25) is 0 Å². The third-order valence-electron chi connectivity index (χ3n) is 0.528. The fraction of sp³-hybridized carbons (Fsp3) is 0.500. The van der Waals surface area contributed by atoms with Gasteiger partial charge in [0.05, 0.1) is 0 Å². The molecule has 0 saturated heterocycles. The van der Waals surface area contributed by atoms with Crippen molar-refractivity contribution in [2.45, 2.75) is 13.8 Å². The van der Waals surface area contributed by atoms with Crippen LogP contribution in [0.3, 0.4) is 0 Å². The minimum Gasteiger partial charge on any atom is -0.340 e. The Labute approximate surface area is 45.6 Å². The molecule has 0 aliphatic heterocycles. The van der Waals surface area contributed by atoms with Crippen molar-refractivity contribution in [2.24, 2.45) is 0 Å². The molecule has 0 aliphatic carbocycles. The fourth-order valence-corrected chi connectivity index (χ4v) is 0.299. The normalized spacial score (nSPS) is 17.6. The van der Waals surface area contributed by atoms with Crippen molar-refractivity contribution in [3.8, 4) is 0 Å². The Balaban J connectivity index is 2.96. The van der Waals surface area contributed by atoms with E-state index in [1.807, 2.05) is 0 Å². The summed E-state index contributed by atoms with van der Waals surface area (Å²) in [6.45, 7) is -0.708. The van der Waals surface area contributed by atoms with Crippen molar-refractivity contribution in [3.05, 3.63) is 11.7 Å². The Morgan fingerprint density at radius 2 is 2.71 bits per heavy atom. The van der Waals surface area contributed by atoms with Crippen LogP contribution in [-0.4, -0.2) is 10.1 Å². The lowest BCUT2D eigenvalue weighted by molar-refractivity contribution is 0.389. The van der Waals surface area contributed by atoms with E-state index < -0.39 is 6.85 Å². The van der Waals surface area contributed by atoms with Gasteiger partial charge in [0.1, 0.15) is 0 Å². The van der Waals surface area contributed by atoms with Gasteiger partial charge >= 0.3 is 0 Å². The van der Waals surface area contributed by atoms with Gasteiger partial charge < -0.3 is 4.52 Å². The molecule has 0 N–H and O–H groups in total. The van der Waals surface area contributed by atoms with Gasteiger partial charge in [-0.25, -0.2) is 0 Å². The second-order valence-corrected chi connectivity index (χ2v) is 1.14. The zero-order chi connectivity index (χ0) is 7.78. The maximum absolute atomic E-state index is 6.83. The van der Waals surface area contributed by atoms with Gasteiger partial charge in [-0.15, -0.1) is 0 Å². The average Bonchev–Trinajstić information content (AvgIpc) is 2.11. The summed E-state index contributed by atoms with van der Waals surface area (Å²) in [6, 6.07) is 0. The van der Waals surface area contributed by atoms with E-state index in [4.69, 9.17) is 4.11 Å². The van der Waals surface area contributed by atoms with E-state index in [-0.39, 0.29) is 11.7 Å². The van der Waals surface area contributed by atoms with Crippen LogP contribution < -0.4 is 0 Å². The topological polar surface area (TPSA) is 38.9 Å². The highest BCUT2D eigenvalue weighted by Gasteiger charge is 1.89. The summed E-state index contributed by atoms with van der Waals surface area (Å²) >= 11 is 0. The Bertz CT molecular complexity index is 229. The number of rotatable bonds is 0. The maximum Gasteiger partial charge on any atom is 0.223 e. The summed E-state index contributed by atoms with van der Waals surface area (Å²) in [6.07, 6.45) is 0. The number of hydrogen-bond acceptors (Lipinski definition) is 3. The van der Waals surface area contributed by atoms with Crippen molar-refractivity contribution < 1.29 is 8.64 Å². The molecule has 0 fully saturated rings. The van der Waals surface area contributed by atoms with Gasteiger partial charge in [-0.3, -0.25) is 0 Å². The van der Waals surface area contributed by atoms with Crippen LogP contribution in [0.1, 0.15) is 15.8 Å². The molecule has 1 aromatic heterocycles. The first-order valence-electron chi connectivity index (χ1n) is 3.31. The highest BCUT2D eigenvalue weighted by Crippen LogP contribution is 1.89. The van der Waals surface area contributed by atoms with Gasteiger partial charge in [-0.05, 0) is 6.85 Å². The quantitative estimate of drug-likeness (QED) is 0.482. The SMILES string of the molecule is [2H]C([2H])([2H])c1noc(C)n1. The van der Waals surface area contributed by atoms with E-state index in [9.17, 15) is 0 Å². The first kappa shape index (κ1) is 1.94. The number of aryl methyl sites for hydroxylation is 2. The van der Waals surface area contributed by atoms with Gasteiger partial charge in [0.15, 0.2) is 5.82 Å². The first-order chi connectivity index (χ1) is 4.50. The molecule has 0 bridgehead atoms. The highest BCUT2D eigenvalue weighted by atomic mass is 16.5. The second kappa shape index (κ2) is 1.33. The second-order valence-electron chi connectivity index (χ2n) is 1.14. The van der Waals surface area contributed by atoms with E-state index in [0.717, 1.165) is 0 Å². The van der Waals surface area contributed by atoms with Crippen LogP contribution in [0.25, 0.3) is 0 Å².